The number of benzene rings is 2. The van der Waals surface area contributed by atoms with Gasteiger partial charge in [-0.1, -0.05) is 6.07 Å². The van der Waals surface area contributed by atoms with E-state index in [0.717, 1.165) is 17.3 Å². The molecule has 1 saturated heterocycles. The molecule has 0 radical (unpaired) electrons. The van der Waals surface area contributed by atoms with Crippen molar-refractivity contribution < 1.29 is 22.4 Å². The number of carbonyl (C=O) groups is 1. The minimum Gasteiger partial charge on any atom is -0.441 e. The Morgan fingerprint density at radius 1 is 1.00 bits per heavy atom. The maximum Gasteiger partial charge on any atom is 0.224 e. The van der Waals surface area contributed by atoms with Crippen molar-refractivity contribution in [3.63, 3.8) is 0 Å². The number of anilines is 1. The molecule has 0 bridgehead atoms. The number of halogens is 3. The van der Waals surface area contributed by atoms with Gasteiger partial charge in [-0.15, -0.1) is 0 Å². The van der Waals surface area contributed by atoms with Gasteiger partial charge in [0.25, 0.3) is 0 Å². The predicted molar refractivity (Wildman–Crippen MR) is 105 cm³/mol. The van der Waals surface area contributed by atoms with E-state index >= 15 is 0 Å². The van der Waals surface area contributed by atoms with Crippen LogP contribution in [-0.2, 0) is 11.3 Å². The molecule has 30 heavy (non-hydrogen) atoms. The number of nitrogens with zero attached hydrogens (tertiary/aromatic N) is 3. The smallest absolute Gasteiger partial charge is 0.224 e. The van der Waals surface area contributed by atoms with E-state index in [1.165, 1.54) is 11.0 Å². The normalized spacial score (nSPS) is 14.9. The zero-order valence-electron chi connectivity index (χ0n) is 16.4. The number of aryl methyl sites for hydroxylation is 1. The fourth-order valence-electron chi connectivity index (χ4n) is 3.52. The van der Waals surface area contributed by atoms with Gasteiger partial charge >= 0.3 is 0 Å². The fraction of sp³-hybridized carbons (Fsp3) is 0.273. The minimum absolute atomic E-state index is 0.0394. The average Bonchev–Trinajstić information content (AvgIpc) is 3.10. The van der Waals surface area contributed by atoms with E-state index in [9.17, 15) is 18.0 Å². The highest BCUT2D eigenvalue weighted by Gasteiger charge is 2.23. The molecule has 0 saturated carbocycles. The summed E-state index contributed by atoms with van der Waals surface area (Å²) in [6, 6.07) is 9.80. The highest BCUT2D eigenvalue weighted by Crippen LogP contribution is 2.25. The van der Waals surface area contributed by atoms with E-state index in [2.05, 4.69) is 9.88 Å². The van der Waals surface area contributed by atoms with E-state index in [4.69, 9.17) is 4.42 Å². The van der Waals surface area contributed by atoms with Crippen molar-refractivity contribution in [1.82, 2.24) is 9.88 Å². The van der Waals surface area contributed by atoms with E-state index < -0.39 is 17.5 Å². The molecule has 3 aromatic rings. The number of carbonyl (C=O) groups excluding carboxylic acids is 1. The molecule has 1 fully saturated rings. The first-order valence-corrected chi connectivity index (χ1v) is 9.60. The zero-order chi connectivity index (χ0) is 21.3. The van der Waals surface area contributed by atoms with Crippen LogP contribution in [0.15, 0.2) is 47.0 Å². The van der Waals surface area contributed by atoms with Crippen LogP contribution in [0.25, 0.3) is 11.3 Å². The van der Waals surface area contributed by atoms with Crippen LogP contribution in [0.5, 0.6) is 0 Å². The fourth-order valence-corrected chi connectivity index (χ4v) is 3.52. The molecular formula is C22H20F3N3O2. The van der Waals surface area contributed by atoms with Gasteiger partial charge in [-0.3, -0.25) is 4.79 Å². The van der Waals surface area contributed by atoms with Gasteiger partial charge in [-0.25, -0.2) is 18.2 Å². The Balaban J connectivity index is 1.45. The number of hydrogen-bond donors (Lipinski definition) is 0. The van der Waals surface area contributed by atoms with Gasteiger partial charge in [0.1, 0.15) is 0 Å². The van der Waals surface area contributed by atoms with Crippen LogP contribution in [0.4, 0.5) is 18.9 Å². The Morgan fingerprint density at radius 2 is 1.77 bits per heavy atom. The second-order valence-electron chi connectivity index (χ2n) is 7.18. The third-order valence-electron chi connectivity index (χ3n) is 5.20. The zero-order valence-corrected chi connectivity index (χ0v) is 16.4. The van der Waals surface area contributed by atoms with Crippen molar-refractivity contribution in [3.8, 4) is 11.3 Å². The van der Waals surface area contributed by atoms with E-state index in [1.54, 1.807) is 13.1 Å². The second-order valence-corrected chi connectivity index (χ2v) is 7.18. The van der Waals surface area contributed by atoms with E-state index in [0.29, 0.717) is 31.3 Å². The van der Waals surface area contributed by atoms with Crippen molar-refractivity contribution in [2.75, 3.05) is 24.5 Å². The molecule has 8 heteroatoms. The van der Waals surface area contributed by atoms with Crippen molar-refractivity contribution in [2.24, 2.45) is 0 Å². The van der Waals surface area contributed by atoms with Gasteiger partial charge in [0.05, 0.1) is 6.20 Å². The number of rotatable bonds is 4. The predicted octanol–water partition coefficient (Wildman–Crippen LogP) is 4.31. The summed E-state index contributed by atoms with van der Waals surface area (Å²) in [5.74, 6) is -2.88. The Kier molecular flexibility index (Phi) is 5.48. The molecule has 156 valence electrons. The van der Waals surface area contributed by atoms with Crippen molar-refractivity contribution >= 4 is 11.6 Å². The van der Waals surface area contributed by atoms with Crippen LogP contribution >= 0.6 is 0 Å². The lowest BCUT2D eigenvalue weighted by atomic mass is 10.1. The molecule has 0 unspecified atom stereocenters. The molecule has 1 aliphatic heterocycles. The summed E-state index contributed by atoms with van der Waals surface area (Å²) < 4.78 is 46.2. The minimum atomic E-state index is -1.52. The van der Waals surface area contributed by atoms with Crippen molar-refractivity contribution in [1.29, 1.82) is 0 Å². The number of hydrogen-bond acceptors (Lipinski definition) is 4. The van der Waals surface area contributed by atoms with Gasteiger partial charge < -0.3 is 14.2 Å². The third kappa shape index (κ3) is 4.03. The molecule has 1 aromatic heterocycles. The lowest BCUT2D eigenvalue weighted by molar-refractivity contribution is -0.130. The summed E-state index contributed by atoms with van der Waals surface area (Å²) in [6.07, 6.45) is 1.92. The first kappa shape index (κ1) is 20.0. The number of oxazole rings is 1. The first-order valence-electron chi connectivity index (χ1n) is 9.60. The van der Waals surface area contributed by atoms with E-state index in [1.807, 2.05) is 24.3 Å². The molecule has 0 N–H and O–H groups in total. The summed E-state index contributed by atoms with van der Waals surface area (Å²) in [5, 5.41) is 0. The third-order valence-corrected chi connectivity index (χ3v) is 5.20. The van der Waals surface area contributed by atoms with E-state index in [-0.39, 0.29) is 24.4 Å². The maximum atomic E-state index is 14.0. The SMILES string of the molecule is Cc1ncc(-c2ccc(N3CCC(=O)N(Cc4ccc(F)c(F)c4F)CC3)cc2)o1. The number of amides is 1. The Hall–Kier alpha value is -3.29. The summed E-state index contributed by atoms with van der Waals surface area (Å²) in [4.78, 5) is 20.1. The molecule has 2 aromatic carbocycles. The lowest BCUT2D eigenvalue weighted by Gasteiger charge is -2.24. The topological polar surface area (TPSA) is 49.6 Å². The molecular weight excluding hydrogens is 395 g/mol. The molecule has 5 nitrogen and oxygen atoms in total. The Morgan fingerprint density at radius 3 is 2.47 bits per heavy atom. The molecule has 1 aliphatic rings. The summed E-state index contributed by atoms with van der Waals surface area (Å²) in [5.41, 5.74) is 1.81. The molecule has 0 spiro atoms. The quantitative estimate of drug-likeness (QED) is 0.596. The highest BCUT2D eigenvalue weighted by molar-refractivity contribution is 5.77. The first-order chi connectivity index (χ1) is 14.4. The largest absolute Gasteiger partial charge is 0.441 e. The summed E-state index contributed by atoms with van der Waals surface area (Å²) in [6.45, 7) is 3.08. The van der Waals surface area contributed by atoms with Crippen LogP contribution < -0.4 is 4.90 Å². The Bertz CT molecular complexity index is 1070. The van der Waals surface area contributed by atoms with Crippen LogP contribution in [0, 0.1) is 24.4 Å². The van der Waals surface area contributed by atoms with Gasteiger partial charge in [-0.2, -0.15) is 0 Å². The molecule has 0 aliphatic carbocycles. The molecule has 0 atom stereocenters. The highest BCUT2D eigenvalue weighted by atomic mass is 19.2. The van der Waals surface area contributed by atoms with Crippen LogP contribution in [-0.4, -0.2) is 35.4 Å². The summed E-state index contributed by atoms with van der Waals surface area (Å²) >= 11 is 0. The molecule has 4 rings (SSSR count). The van der Waals surface area contributed by atoms with Crippen molar-refractivity contribution in [3.05, 3.63) is 71.5 Å². The molecule has 1 amide bonds. The summed E-state index contributed by atoms with van der Waals surface area (Å²) in [7, 11) is 0. The monoisotopic (exact) mass is 415 g/mol. The standard InChI is InChI=1S/C22H20F3N3O2/c1-14-26-12-19(30-14)15-2-5-17(6-3-15)27-9-8-20(29)28(11-10-27)13-16-4-7-18(23)22(25)21(16)24/h2-7,12H,8-11,13H2,1H3. The Labute approximate surface area is 171 Å². The lowest BCUT2D eigenvalue weighted by Crippen LogP contribution is -2.33. The maximum absolute atomic E-state index is 14.0. The van der Waals surface area contributed by atoms with Gasteiger partial charge in [-0.05, 0) is 30.3 Å². The number of aromatic nitrogens is 1. The van der Waals surface area contributed by atoms with Crippen LogP contribution in [0.2, 0.25) is 0 Å². The van der Waals surface area contributed by atoms with Gasteiger partial charge in [0.2, 0.25) is 5.91 Å². The van der Waals surface area contributed by atoms with Crippen molar-refractivity contribution in [2.45, 2.75) is 19.9 Å². The second kappa shape index (κ2) is 8.22. The van der Waals surface area contributed by atoms with Crippen LogP contribution in [0.3, 0.4) is 0 Å². The average molecular weight is 415 g/mol. The van der Waals surface area contributed by atoms with Gasteiger partial charge in [0, 0.05) is 56.3 Å². The molecule has 2 heterocycles. The van der Waals surface area contributed by atoms with Crippen LogP contribution in [0.1, 0.15) is 17.9 Å². The van der Waals surface area contributed by atoms with Gasteiger partial charge in [0.15, 0.2) is 29.1 Å².